The second-order valence-corrected chi connectivity index (χ2v) is 7.28. The van der Waals surface area contributed by atoms with E-state index in [0.29, 0.717) is 23.5 Å². The first-order valence-corrected chi connectivity index (χ1v) is 9.89. The number of anilines is 1. The average Bonchev–Trinajstić information content (AvgIpc) is 2.76. The van der Waals surface area contributed by atoms with E-state index in [1.54, 1.807) is 37.3 Å². The highest BCUT2D eigenvalue weighted by atomic mass is 32.1. The first-order valence-electron chi connectivity index (χ1n) is 9.49. The minimum absolute atomic E-state index is 0.0302. The number of thiocarbonyl (C=S) groups is 1. The normalized spacial score (nSPS) is 10.3. The third-order valence-electron chi connectivity index (χ3n) is 4.72. The Morgan fingerprint density at radius 2 is 1.81 bits per heavy atom. The number of aryl methyl sites for hydroxylation is 1. The molecule has 0 unspecified atom stereocenters. The molecule has 0 bridgehead atoms. The molecular weight excluding hydrogens is 414 g/mol. The Kier molecular flexibility index (Phi) is 6.94. The van der Waals surface area contributed by atoms with E-state index in [4.69, 9.17) is 17.0 Å². The van der Waals surface area contributed by atoms with E-state index in [-0.39, 0.29) is 16.5 Å². The molecule has 0 fully saturated rings. The Morgan fingerprint density at radius 1 is 1.06 bits per heavy atom. The number of hydrogen-bond acceptors (Lipinski definition) is 5. The standard InChI is InChI=1S/C23H21N3O4S/c1-15-11-12-20(26(28)29)21(16(15)2)24-23(31)25-22(27)18-9-6-10-19(13-18)30-14-17-7-4-3-5-8-17/h3-13H,14H2,1-2H3,(H2,24,25,27,31). The maximum atomic E-state index is 12.6. The van der Waals surface area contributed by atoms with E-state index >= 15 is 0 Å². The zero-order valence-electron chi connectivity index (χ0n) is 17.0. The Hall–Kier alpha value is -3.78. The van der Waals surface area contributed by atoms with Crippen molar-refractivity contribution in [1.82, 2.24) is 5.32 Å². The predicted molar refractivity (Wildman–Crippen MR) is 123 cm³/mol. The molecule has 0 atom stereocenters. The molecule has 0 aliphatic carbocycles. The van der Waals surface area contributed by atoms with Gasteiger partial charge in [0.1, 0.15) is 18.0 Å². The molecule has 2 N–H and O–H groups in total. The summed E-state index contributed by atoms with van der Waals surface area (Å²) in [6.45, 7) is 3.97. The smallest absolute Gasteiger partial charge is 0.293 e. The maximum absolute atomic E-state index is 12.6. The molecular formula is C23H21N3O4S. The highest BCUT2D eigenvalue weighted by Crippen LogP contribution is 2.30. The van der Waals surface area contributed by atoms with Gasteiger partial charge in [0.15, 0.2) is 5.11 Å². The molecule has 7 nitrogen and oxygen atoms in total. The van der Waals surface area contributed by atoms with Crippen LogP contribution in [0.3, 0.4) is 0 Å². The SMILES string of the molecule is Cc1ccc([N+](=O)[O-])c(NC(=S)NC(=O)c2cccc(OCc3ccccc3)c2)c1C. The van der Waals surface area contributed by atoms with Crippen molar-refractivity contribution in [3.63, 3.8) is 0 Å². The number of nitrogens with zero attached hydrogens (tertiary/aromatic N) is 1. The molecule has 0 radical (unpaired) electrons. The van der Waals surface area contributed by atoms with Crippen molar-refractivity contribution in [2.45, 2.75) is 20.5 Å². The zero-order chi connectivity index (χ0) is 22.4. The molecule has 3 aromatic carbocycles. The first kappa shape index (κ1) is 21.9. The van der Waals surface area contributed by atoms with Crippen LogP contribution in [-0.2, 0) is 6.61 Å². The molecule has 0 aliphatic heterocycles. The molecule has 0 heterocycles. The lowest BCUT2D eigenvalue weighted by molar-refractivity contribution is -0.383. The van der Waals surface area contributed by atoms with E-state index in [1.165, 1.54) is 6.07 Å². The van der Waals surface area contributed by atoms with Crippen LogP contribution in [0.25, 0.3) is 0 Å². The zero-order valence-corrected chi connectivity index (χ0v) is 17.9. The van der Waals surface area contributed by atoms with Gasteiger partial charge in [-0.15, -0.1) is 0 Å². The van der Waals surface area contributed by atoms with Gasteiger partial charge in [0, 0.05) is 11.6 Å². The van der Waals surface area contributed by atoms with Crippen LogP contribution in [0.5, 0.6) is 5.75 Å². The van der Waals surface area contributed by atoms with Gasteiger partial charge in [-0.25, -0.2) is 0 Å². The number of nitro benzene ring substituents is 1. The summed E-state index contributed by atoms with van der Waals surface area (Å²) in [5, 5.41) is 16.7. The number of amides is 1. The van der Waals surface area contributed by atoms with Crippen LogP contribution in [0.1, 0.15) is 27.0 Å². The summed E-state index contributed by atoms with van der Waals surface area (Å²) in [4.78, 5) is 23.5. The summed E-state index contributed by atoms with van der Waals surface area (Å²) >= 11 is 5.21. The van der Waals surface area contributed by atoms with E-state index in [9.17, 15) is 14.9 Å². The molecule has 8 heteroatoms. The third-order valence-corrected chi connectivity index (χ3v) is 4.92. The Balaban J connectivity index is 1.67. The number of carbonyl (C=O) groups is 1. The lowest BCUT2D eigenvalue weighted by Gasteiger charge is -2.14. The number of benzene rings is 3. The van der Waals surface area contributed by atoms with Crippen molar-refractivity contribution < 1.29 is 14.5 Å². The largest absolute Gasteiger partial charge is 0.489 e. The van der Waals surface area contributed by atoms with Crippen LogP contribution in [0, 0.1) is 24.0 Å². The third kappa shape index (κ3) is 5.64. The van der Waals surface area contributed by atoms with Crippen molar-refractivity contribution in [3.05, 3.63) is 99.1 Å². The molecule has 1 amide bonds. The van der Waals surface area contributed by atoms with Gasteiger partial charge >= 0.3 is 0 Å². The predicted octanol–water partition coefficient (Wildman–Crippen LogP) is 4.92. The second-order valence-electron chi connectivity index (χ2n) is 6.87. The minimum atomic E-state index is -0.493. The van der Waals surface area contributed by atoms with Crippen LogP contribution < -0.4 is 15.4 Å². The van der Waals surface area contributed by atoms with Crippen LogP contribution in [0.4, 0.5) is 11.4 Å². The molecule has 3 aromatic rings. The topological polar surface area (TPSA) is 93.5 Å². The van der Waals surface area contributed by atoms with E-state index in [1.807, 2.05) is 37.3 Å². The van der Waals surface area contributed by atoms with Crippen molar-refractivity contribution in [1.29, 1.82) is 0 Å². The van der Waals surface area contributed by atoms with Gasteiger partial charge in [0.05, 0.1) is 4.92 Å². The number of ether oxygens (including phenoxy) is 1. The Morgan fingerprint density at radius 3 is 2.52 bits per heavy atom. The highest BCUT2D eigenvalue weighted by molar-refractivity contribution is 7.80. The van der Waals surface area contributed by atoms with Crippen molar-refractivity contribution in [3.8, 4) is 5.75 Å². The number of hydrogen-bond donors (Lipinski definition) is 2. The van der Waals surface area contributed by atoms with Crippen LogP contribution in [-0.4, -0.2) is 15.9 Å². The summed E-state index contributed by atoms with van der Waals surface area (Å²) in [6.07, 6.45) is 0. The van der Waals surface area contributed by atoms with E-state index in [0.717, 1.165) is 11.1 Å². The lowest BCUT2D eigenvalue weighted by Crippen LogP contribution is -2.34. The van der Waals surface area contributed by atoms with Gasteiger partial charge in [-0.1, -0.05) is 42.5 Å². The van der Waals surface area contributed by atoms with Gasteiger partial charge in [-0.05, 0) is 61.0 Å². The van der Waals surface area contributed by atoms with Crippen molar-refractivity contribution >= 4 is 34.6 Å². The molecule has 31 heavy (non-hydrogen) atoms. The maximum Gasteiger partial charge on any atom is 0.293 e. The molecule has 0 spiro atoms. The highest BCUT2D eigenvalue weighted by Gasteiger charge is 2.19. The Bertz CT molecular complexity index is 1130. The van der Waals surface area contributed by atoms with Gasteiger partial charge < -0.3 is 10.1 Å². The van der Waals surface area contributed by atoms with Crippen molar-refractivity contribution in [2.24, 2.45) is 0 Å². The van der Waals surface area contributed by atoms with Crippen LogP contribution in [0.2, 0.25) is 0 Å². The summed E-state index contributed by atoms with van der Waals surface area (Å²) in [5.74, 6) is 0.0937. The van der Waals surface area contributed by atoms with Crippen LogP contribution in [0.15, 0.2) is 66.7 Å². The molecule has 0 aliphatic rings. The number of rotatable bonds is 6. The molecule has 3 rings (SSSR count). The fourth-order valence-corrected chi connectivity index (χ4v) is 3.09. The number of nitro groups is 1. The minimum Gasteiger partial charge on any atom is -0.489 e. The molecule has 158 valence electrons. The molecule has 0 saturated heterocycles. The summed E-state index contributed by atoms with van der Waals surface area (Å²) in [5.41, 5.74) is 3.06. The first-order chi connectivity index (χ1) is 14.8. The summed E-state index contributed by atoms with van der Waals surface area (Å²) < 4.78 is 5.75. The lowest BCUT2D eigenvalue weighted by atomic mass is 10.1. The number of nitrogens with one attached hydrogen (secondary N) is 2. The molecule has 0 aromatic heterocycles. The second kappa shape index (κ2) is 9.82. The summed E-state index contributed by atoms with van der Waals surface area (Å²) in [7, 11) is 0. The molecule has 0 saturated carbocycles. The summed E-state index contributed by atoms with van der Waals surface area (Å²) in [6, 6.07) is 19.5. The van der Waals surface area contributed by atoms with Gasteiger partial charge in [0.2, 0.25) is 0 Å². The van der Waals surface area contributed by atoms with Gasteiger partial charge in [0.25, 0.3) is 11.6 Å². The van der Waals surface area contributed by atoms with Gasteiger partial charge in [-0.2, -0.15) is 0 Å². The quantitative estimate of drug-likeness (QED) is 0.324. The Labute approximate surface area is 185 Å². The monoisotopic (exact) mass is 435 g/mol. The van der Waals surface area contributed by atoms with Gasteiger partial charge in [-0.3, -0.25) is 20.2 Å². The average molecular weight is 436 g/mol. The number of carbonyl (C=O) groups excluding carboxylic acids is 1. The van der Waals surface area contributed by atoms with E-state index < -0.39 is 10.8 Å². The fourth-order valence-electron chi connectivity index (χ4n) is 2.90. The van der Waals surface area contributed by atoms with E-state index in [2.05, 4.69) is 10.6 Å². The fraction of sp³-hybridized carbons (Fsp3) is 0.130. The van der Waals surface area contributed by atoms with Crippen LogP contribution >= 0.6 is 12.2 Å². The van der Waals surface area contributed by atoms with Crippen molar-refractivity contribution in [2.75, 3.05) is 5.32 Å².